The average Bonchev–Trinajstić information content (AvgIpc) is 2.25. The van der Waals surface area contributed by atoms with Gasteiger partial charge in [-0.2, -0.15) is 0 Å². The molecule has 0 spiro atoms. The van der Waals surface area contributed by atoms with Crippen LogP contribution in [0.15, 0.2) is 24.3 Å². The normalized spacial score (nSPS) is 12.7. The highest BCUT2D eigenvalue weighted by Crippen LogP contribution is 2.10. The Morgan fingerprint density at radius 2 is 2.18 bits per heavy atom. The van der Waals surface area contributed by atoms with Crippen molar-refractivity contribution in [3.8, 4) is 0 Å². The smallest absolute Gasteiger partial charge is 0.307 e. The van der Waals surface area contributed by atoms with Crippen molar-refractivity contribution in [3.05, 3.63) is 35.4 Å². The second-order valence-electron chi connectivity index (χ2n) is 4.63. The molecule has 1 N–H and O–H groups in total. The summed E-state index contributed by atoms with van der Waals surface area (Å²) in [5.41, 5.74) is 2.47. The number of aliphatic carboxylic acids is 1. The number of nitrogens with zero attached hydrogens (tertiary/aromatic N) is 1. The van der Waals surface area contributed by atoms with Gasteiger partial charge >= 0.3 is 5.97 Å². The fourth-order valence-electron chi connectivity index (χ4n) is 1.94. The molecule has 0 aliphatic carbocycles. The minimum absolute atomic E-state index is 0.273. The van der Waals surface area contributed by atoms with Gasteiger partial charge in [0.25, 0.3) is 0 Å². The lowest BCUT2D eigenvalue weighted by Crippen LogP contribution is -2.29. The van der Waals surface area contributed by atoms with Gasteiger partial charge in [-0.1, -0.05) is 36.8 Å². The zero-order valence-corrected chi connectivity index (χ0v) is 10.8. The number of carbonyl (C=O) groups is 1. The van der Waals surface area contributed by atoms with Crippen LogP contribution in [0.2, 0.25) is 0 Å². The van der Waals surface area contributed by atoms with Crippen LogP contribution in [0, 0.1) is 12.8 Å². The van der Waals surface area contributed by atoms with Crippen LogP contribution in [0.3, 0.4) is 0 Å². The van der Waals surface area contributed by atoms with E-state index in [-0.39, 0.29) is 5.92 Å². The number of rotatable bonds is 6. The fourth-order valence-corrected chi connectivity index (χ4v) is 1.94. The molecule has 0 aromatic heterocycles. The van der Waals surface area contributed by atoms with E-state index < -0.39 is 5.97 Å². The molecule has 0 fully saturated rings. The minimum atomic E-state index is -0.705. The summed E-state index contributed by atoms with van der Waals surface area (Å²) in [6, 6.07) is 8.31. The Morgan fingerprint density at radius 1 is 1.47 bits per heavy atom. The first-order valence-corrected chi connectivity index (χ1v) is 5.99. The van der Waals surface area contributed by atoms with Gasteiger partial charge in [0.2, 0.25) is 0 Å². The van der Waals surface area contributed by atoms with Gasteiger partial charge in [0.1, 0.15) is 0 Å². The second-order valence-corrected chi connectivity index (χ2v) is 4.63. The van der Waals surface area contributed by atoms with E-state index in [0.29, 0.717) is 13.0 Å². The van der Waals surface area contributed by atoms with Crippen LogP contribution in [-0.4, -0.2) is 29.6 Å². The molecule has 0 bridgehead atoms. The van der Waals surface area contributed by atoms with E-state index in [2.05, 4.69) is 30.0 Å². The summed E-state index contributed by atoms with van der Waals surface area (Å²) in [7, 11) is 1.97. The van der Waals surface area contributed by atoms with Crippen molar-refractivity contribution in [2.45, 2.75) is 26.8 Å². The lowest BCUT2D eigenvalue weighted by atomic mass is 10.1. The maximum atomic E-state index is 10.9. The van der Waals surface area contributed by atoms with E-state index in [1.54, 1.807) is 0 Å². The number of aryl methyl sites for hydroxylation is 1. The predicted molar refractivity (Wildman–Crippen MR) is 68.9 cm³/mol. The maximum absolute atomic E-state index is 10.9. The molecule has 3 heteroatoms. The van der Waals surface area contributed by atoms with Gasteiger partial charge < -0.3 is 10.0 Å². The summed E-state index contributed by atoms with van der Waals surface area (Å²) in [5.74, 6) is -0.978. The highest BCUT2D eigenvalue weighted by Gasteiger charge is 2.17. The Balaban J connectivity index is 2.54. The Kier molecular flexibility index (Phi) is 5.16. The molecule has 17 heavy (non-hydrogen) atoms. The molecule has 0 aliphatic heterocycles. The SMILES string of the molecule is CCC(CN(C)Cc1cccc(C)c1)C(=O)O. The summed E-state index contributed by atoms with van der Waals surface area (Å²) in [5, 5.41) is 9.01. The van der Waals surface area contributed by atoms with Crippen molar-refractivity contribution in [2.24, 2.45) is 5.92 Å². The number of hydrogen-bond acceptors (Lipinski definition) is 2. The Hall–Kier alpha value is -1.35. The standard InChI is InChI=1S/C14H21NO2/c1-4-13(14(16)17)10-15(3)9-12-7-5-6-11(2)8-12/h5-8,13H,4,9-10H2,1-3H3,(H,16,17). The van der Waals surface area contributed by atoms with Crippen molar-refractivity contribution < 1.29 is 9.90 Å². The summed E-state index contributed by atoms with van der Waals surface area (Å²) in [6.07, 6.45) is 0.674. The monoisotopic (exact) mass is 235 g/mol. The number of benzene rings is 1. The van der Waals surface area contributed by atoms with Crippen LogP contribution in [0.1, 0.15) is 24.5 Å². The van der Waals surface area contributed by atoms with Crippen molar-refractivity contribution in [3.63, 3.8) is 0 Å². The Bertz CT molecular complexity index is 376. The highest BCUT2D eigenvalue weighted by atomic mass is 16.4. The van der Waals surface area contributed by atoms with Crippen LogP contribution in [-0.2, 0) is 11.3 Å². The van der Waals surface area contributed by atoms with Gasteiger partial charge in [0, 0.05) is 13.1 Å². The van der Waals surface area contributed by atoms with Crippen molar-refractivity contribution >= 4 is 5.97 Å². The third-order valence-electron chi connectivity index (χ3n) is 2.91. The summed E-state index contributed by atoms with van der Waals surface area (Å²) >= 11 is 0. The van der Waals surface area contributed by atoms with Crippen LogP contribution in [0.4, 0.5) is 0 Å². The first-order valence-electron chi connectivity index (χ1n) is 5.99. The van der Waals surface area contributed by atoms with Crippen LogP contribution in [0.5, 0.6) is 0 Å². The molecule has 1 aromatic rings. The summed E-state index contributed by atoms with van der Waals surface area (Å²) < 4.78 is 0. The topological polar surface area (TPSA) is 40.5 Å². The van der Waals surface area contributed by atoms with Gasteiger partial charge in [-0.15, -0.1) is 0 Å². The molecule has 0 amide bonds. The fraction of sp³-hybridized carbons (Fsp3) is 0.500. The number of carboxylic acid groups (broad SMARTS) is 1. The molecule has 1 rings (SSSR count). The molecule has 0 saturated heterocycles. The molecular formula is C14H21NO2. The van der Waals surface area contributed by atoms with Gasteiger partial charge in [-0.3, -0.25) is 4.79 Å². The van der Waals surface area contributed by atoms with E-state index in [0.717, 1.165) is 6.54 Å². The molecule has 0 saturated carbocycles. The molecule has 0 aliphatic rings. The second kappa shape index (κ2) is 6.40. The minimum Gasteiger partial charge on any atom is -0.481 e. The maximum Gasteiger partial charge on any atom is 0.307 e. The molecule has 0 radical (unpaired) electrons. The lowest BCUT2D eigenvalue weighted by Gasteiger charge is -2.20. The van der Waals surface area contributed by atoms with Gasteiger partial charge in [-0.05, 0) is 26.0 Å². The molecule has 1 unspecified atom stereocenters. The van der Waals surface area contributed by atoms with E-state index in [1.165, 1.54) is 11.1 Å². The largest absolute Gasteiger partial charge is 0.481 e. The van der Waals surface area contributed by atoms with E-state index >= 15 is 0 Å². The molecular weight excluding hydrogens is 214 g/mol. The van der Waals surface area contributed by atoms with Crippen LogP contribution < -0.4 is 0 Å². The third kappa shape index (κ3) is 4.57. The molecule has 3 nitrogen and oxygen atoms in total. The average molecular weight is 235 g/mol. The third-order valence-corrected chi connectivity index (χ3v) is 2.91. The number of carboxylic acids is 1. The van der Waals surface area contributed by atoms with Crippen LogP contribution >= 0.6 is 0 Å². The van der Waals surface area contributed by atoms with Crippen LogP contribution in [0.25, 0.3) is 0 Å². The summed E-state index contributed by atoms with van der Waals surface area (Å²) in [4.78, 5) is 13.0. The van der Waals surface area contributed by atoms with Gasteiger partial charge in [-0.25, -0.2) is 0 Å². The first kappa shape index (κ1) is 13.7. The molecule has 1 atom stereocenters. The zero-order valence-electron chi connectivity index (χ0n) is 10.8. The first-order chi connectivity index (χ1) is 8.02. The van der Waals surface area contributed by atoms with Crippen molar-refractivity contribution in [1.29, 1.82) is 0 Å². The van der Waals surface area contributed by atoms with E-state index in [9.17, 15) is 4.79 Å². The Labute approximate surface area is 103 Å². The number of hydrogen-bond donors (Lipinski definition) is 1. The molecule has 1 aromatic carbocycles. The summed E-state index contributed by atoms with van der Waals surface area (Å²) in [6.45, 7) is 5.38. The Morgan fingerprint density at radius 3 is 2.71 bits per heavy atom. The highest BCUT2D eigenvalue weighted by molar-refractivity contribution is 5.70. The van der Waals surface area contributed by atoms with Crippen molar-refractivity contribution in [2.75, 3.05) is 13.6 Å². The predicted octanol–water partition coefficient (Wildman–Crippen LogP) is 2.54. The zero-order chi connectivity index (χ0) is 12.8. The molecule has 94 valence electrons. The molecule has 0 heterocycles. The van der Waals surface area contributed by atoms with Crippen molar-refractivity contribution in [1.82, 2.24) is 4.90 Å². The van der Waals surface area contributed by atoms with Gasteiger partial charge in [0.05, 0.1) is 5.92 Å². The lowest BCUT2D eigenvalue weighted by molar-refractivity contribution is -0.142. The van der Waals surface area contributed by atoms with Gasteiger partial charge in [0.15, 0.2) is 0 Å². The van der Waals surface area contributed by atoms with E-state index in [1.807, 2.05) is 20.0 Å². The quantitative estimate of drug-likeness (QED) is 0.823. The van der Waals surface area contributed by atoms with E-state index in [4.69, 9.17) is 5.11 Å².